The third kappa shape index (κ3) is 2.68. The van der Waals surface area contributed by atoms with Crippen LogP contribution in [0, 0.1) is 0 Å². The van der Waals surface area contributed by atoms with Gasteiger partial charge in [-0.05, 0) is 31.0 Å². The van der Waals surface area contributed by atoms with Gasteiger partial charge in [-0.3, -0.25) is 0 Å². The van der Waals surface area contributed by atoms with Crippen LogP contribution in [-0.4, -0.2) is 16.7 Å². The van der Waals surface area contributed by atoms with Crippen molar-refractivity contribution >= 4 is 11.6 Å². The lowest BCUT2D eigenvalue weighted by molar-refractivity contribution is 0.0550. The van der Waals surface area contributed by atoms with Crippen LogP contribution in [0.15, 0.2) is 4.52 Å². The Balaban J connectivity index is 2.11. The van der Waals surface area contributed by atoms with Crippen molar-refractivity contribution in [3.63, 3.8) is 0 Å². The van der Waals surface area contributed by atoms with Gasteiger partial charge in [0.15, 0.2) is 5.82 Å². The van der Waals surface area contributed by atoms with E-state index in [0.29, 0.717) is 0 Å². The Morgan fingerprint density at radius 3 is 2.88 bits per heavy atom. The molecule has 7 heteroatoms. The summed E-state index contributed by atoms with van der Waals surface area (Å²) < 4.78 is 29.8. The van der Waals surface area contributed by atoms with Crippen LogP contribution < -0.4 is 5.32 Å². The van der Waals surface area contributed by atoms with Gasteiger partial charge < -0.3 is 9.84 Å². The van der Waals surface area contributed by atoms with Gasteiger partial charge in [-0.2, -0.15) is 13.8 Å². The average molecular weight is 252 g/mol. The van der Waals surface area contributed by atoms with Gasteiger partial charge in [-0.1, -0.05) is 18.0 Å². The van der Waals surface area contributed by atoms with Gasteiger partial charge in [-0.15, -0.1) is 0 Å². The molecule has 1 aliphatic rings. The van der Waals surface area contributed by atoms with Crippen LogP contribution in [0.25, 0.3) is 0 Å². The zero-order chi connectivity index (χ0) is 11.6. The van der Waals surface area contributed by atoms with E-state index >= 15 is 0 Å². The molecule has 4 nitrogen and oxygen atoms in total. The standard InChI is InChI=1S/C9H12ClF2N3O/c10-9(11,12)8-14-7(15-16-8)6-4-2-1-3-5-13-6/h6,13H,1-5H2. The van der Waals surface area contributed by atoms with E-state index in [1.807, 2.05) is 0 Å². The molecule has 1 aromatic rings. The lowest BCUT2D eigenvalue weighted by atomic mass is 10.1. The molecule has 1 unspecified atom stereocenters. The third-order valence-corrected chi connectivity index (χ3v) is 2.72. The summed E-state index contributed by atoms with van der Waals surface area (Å²) in [6, 6.07) is -0.112. The number of hydrogen-bond donors (Lipinski definition) is 1. The second-order valence-electron chi connectivity index (χ2n) is 3.81. The van der Waals surface area contributed by atoms with Crippen molar-refractivity contribution in [3.8, 4) is 0 Å². The summed E-state index contributed by atoms with van der Waals surface area (Å²) in [6.45, 7) is 0.839. The topological polar surface area (TPSA) is 51.0 Å². The number of hydrogen-bond acceptors (Lipinski definition) is 4. The van der Waals surface area contributed by atoms with E-state index in [9.17, 15) is 8.78 Å². The zero-order valence-electron chi connectivity index (χ0n) is 8.55. The average Bonchev–Trinajstić information content (AvgIpc) is 2.55. The van der Waals surface area contributed by atoms with Crippen LogP contribution in [-0.2, 0) is 5.38 Å². The smallest absolute Gasteiger partial charge is 0.331 e. The molecule has 0 saturated carbocycles. The summed E-state index contributed by atoms with van der Waals surface area (Å²) in [5.74, 6) is -0.576. The maximum Gasteiger partial charge on any atom is 0.400 e. The van der Waals surface area contributed by atoms with E-state index in [4.69, 9.17) is 11.6 Å². The Morgan fingerprint density at radius 2 is 2.19 bits per heavy atom. The molecule has 1 fully saturated rings. The Hall–Kier alpha value is -0.750. The first kappa shape index (κ1) is 11.7. The molecule has 90 valence electrons. The van der Waals surface area contributed by atoms with E-state index in [2.05, 4.69) is 20.0 Å². The maximum absolute atomic E-state index is 12.7. The Bertz CT molecular complexity index is 345. The van der Waals surface area contributed by atoms with Crippen molar-refractivity contribution in [2.45, 2.75) is 37.1 Å². The van der Waals surface area contributed by atoms with Gasteiger partial charge in [-0.25, -0.2) is 0 Å². The number of nitrogens with zero attached hydrogens (tertiary/aromatic N) is 2. The monoisotopic (exact) mass is 251 g/mol. The Morgan fingerprint density at radius 1 is 1.38 bits per heavy atom. The second-order valence-corrected chi connectivity index (χ2v) is 4.29. The van der Waals surface area contributed by atoms with Crippen molar-refractivity contribution in [1.29, 1.82) is 0 Å². The Labute approximate surface area is 96.3 Å². The molecule has 1 atom stereocenters. The summed E-state index contributed by atoms with van der Waals surface area (Å²) >= 11 is 4.79. The molecule has 0 radical (unpaired) electrons. The van der Waals surface area contributed by atoms with Crippen molar-refractivity contribution in [2.75, 3.05) is 6.54 Å². The van der Waals surface area contributed by atoms with Gasteiger partial charge in [0, 0.05) is 0 Å². The SMILES string of the molecule is FC(F)(Cl)c1nc(C2CCCCCN2)no1. The van der Waals surface area contributed by atoms with E-state index in [-0.39, 0.29) is 11.9 Å². The van der Waals surface area contributed by atoms with Crippen molar-refractivity contribution in [2.24, 2.45) is 0 Å². The van der Waals surface area contributed by atoms with Gasteiger partial charge in [0.25, 0.3) is 0 Å². The number of alkyl halides is 3. The number of aromatic nitrogens is 2. The minimum atomic E-state index is -3.59. The van der Waals surface area contributed by atoms with Crippen LogP contribution in [0.1, 0.15) is 43.4 Å². The predicted molar refractivity (Wildman–Crippen MR) is 53.3 cm³/mol. The lowest BCUT2D eigenvalue weighted by Gasteiger charge is -2.10. The number of rotatable bonds is 2. The number of nitrogens with one attached hydrogen (secondary N) is 1. The molecule has 0 spiro atoms. The highest BCUT2D eigenvalue weighted by atomic mass is 35.5. The van der Waals surface area contributed by atoms with Gasteiger partial charge in [0.05, 0.1) is 6.04 Å². The van der Waals surface area contributed by atoms with E-state index in [0.717, 1.165) is 32.2 Å². The van der Waals surface area contributed by atoms with E-state index in [1.54, 1.807) is 0 Å². The highest BCUT2D eigenvalue weighted by Gasteiger charge is 2.36. The van der Waals surface area contributed by atoms with Crippen molar-refractivity contribution in [3.05, 3.63) is 11.7 Å². The summed E-state index contributed by atoms with van der Waals surface area (Å²) in [4.78, 5) is 3.62. The maximum atomic E-state index is 12.7. The number of halogens is 3. The van der Waals surface area contributed by atoms with E-state index in [1.165, 1.54) is 0 Å². The molecule has 16 heavy (non-hydrogen) atoms. The van der Waals surface area contributed by atoms with Gasteiger partial charge in [0.2, 0.25) is 0 Å². The molecule has 1 saturated heterocycles. The minimum absolute atomic E-state index is 0.112. The fourth-order valence-electron chi connectivity index (χ4n) is 1.74. The molecule has 1 aromatic heterocycles. The predicted octanol–water partition coefficient (Wildman–Crippen LogP) is 2.56. The highest BCUT2D eigenvalue weighted by Crippen LogP contribution is 2.32. The second kappa shape index (κ2) is 4.63. The molecule has 0 bridgehead atoms. The summed E-state index contributed by atoms with van der Waals surface area (Å²) in [7, 11) is 0. The Kier molecular flexibility index (Phi) is 3.39. The molecular weight excluding hydrogens is 240 g/mol. The normalized spacial score (nSPS) is 23.1. The molecule has 1 aliphatic heterocycles. The molecule has 0 amide bonds. The first-order chi connectivity index (χ1) is 7.57. The third-order valence-electron chi connectivity index (χ3n) is 2.56. The van der Waals surface area contributed by atoms with Crippen molar-refractivity contribution in [1.82, 2.24) is 15.5 Å². The van der Waals surface area contributed by atoms with Crippen LogP contribution in [0.4, 0.5) is 8.78 Å². The summed E-state index contributed by atoms with van der Waals surface area (Å²) in [6.07, 6.45) is 4.05. The first-order valence-corrected chi connectivity index (χ1v) is 5.59. The first-order valence-electron chi connectivity index (χ1n) is 5.21. The lowest BCUT2D eigenvalue weighted by Crippen LogP contribution is -2.21. The van der Waals surface area contributed by atoms with Crippen LogP contribution >= 0.6 is 11.6 Å². The zero-order valence-corrected chi connectivity index (χ0v) is 9.31. The minimum Gasteiger partial charge on any atom is -0.331 e. The van der Waals surface area contributed by atoms with Crippen LogP contribution in [0.2, 0.25) is 0 Å². The molecular formula is C9H12ClF2N3O. The molecule has 2 heterocycles. The van der Waals surface area contributed by atoms with Gasteiger partial charge in [0.1, 0.15) is 0 Å². The fourth-order valence-corrected chi connectivity index (χ4v) is 1.82. The summed E-state index contributed by atoms with van der Waals surface area (Å²) in [5, 5.41) is 3.14. The van der Waals surface area contributed by atoms with Crippen LogP contribution in [0.5, 0.6) is 0 Å². The molecule has 2 rings (SSSR count). The van der Waals surface area contributed by atoms with Crippen LogP contribution in [0.3, 0.4) is 0 Å². The quantitative estimate of drug-likeness (QED) is 0.821. The van der Waals surface area contributed by atoms with Crippen molar-refractivity contribution < 1.29 is 13.3 Å². The molecule has 1 N–H and O–H groups in total. The van der Waals surface area contributed by atoms with E-state index < -0.39 is 11.3 Å². The highest BCUT2D eigenvalue weighted by molar-refractivity contribution is 6.21. The summed E-state index contributed by atoms with van der Waals surface area (Å²) in [5.41, 5.74) is 0. The fraction of sp³-hybridized carbons (Fsp3) is 0.778. The largest absolute Gasteiger partial charge is 0.400 e. The van der Waals surface area contributed by atoms with Gasteiger partial charge >= 0.3 is 11.3 Å². The molecule has 0 aliphatic carbocycles. The molecule has 0 aromatic carbocycles.